The zero-order chi connectivity index (χ0) is 19.3. The number of hydrogen-bond donors (Lipinski definition) is 1. The molecule has 1 N–H and O–H groups in total. The van der Waals surface area contributed by atoms with Crippen molar-refractivity contribution in [3.63, 3.8) is 0 Å². The van der Waals surface area contributed by atoms with Gasteiger partial charge in [0.25, 0.3) is 0 Å². The van der Waals surface area contributed by atoms with Gasteiger partial charge in [0, 0.05) is 19.6 Å². The van der Waals surface area contributed by atoms with Gasteiger partial charge in [-0.05, 0) is 13.8 Å². The average Bonchev–Trinajstić information content (AvgIpc) is 2.54. The topological polar surface area (TPSA) is 117 Å². The van der Waals surface area contributed by atoms with Crippen molar-refractivity contribution in [3.05, 3.63) is 12.7 Å². The normalized spacial score (nSPS) is 10.5. The fourth-order valence-corrected chi connectivity index (χ4v) is 1.62. The molecule has 0 aromatic carbocycles. The van der Waals surface area contributed by atoms with Crippen molar-refractivity contribution in [2.24, 2.45) is 0 Å². The molecule has 9 nitrogen and oxygen atoms in total. The molecule has 0 aromatic heterocycles. The van der Waals surface area contributed by atoms with Crippen molar-refractivity contribution in [2.45, 2.75) is 32.3 Å². The lowest BCUT2D eigenvalue weighted by atomic mass is 10.1. The Balaban J connectivity index is 3.85. The Kier molecular flexibility index (Phi) is 10.9. The van der Waals surface area contributed by atoms with E-state index in [1.165, 1.54) is 7.11 Å². The molecular weight excluding hydrogens is 334 g/mol. The van der Waals surface area contributed by atoms with Crippen LogP contribution in [-0.2, 0) is 38.1 Å². The summed E-state index contributed by atoms with van der Waals surface area (Å²) in [5.74, 6) is -2.33. The lowest BCUT2D eigenvalue weighted by Gasteiger charge is -2.24. The molecule has 0 aliphatic heterocycles. The molecule has 0 atom stereocenters. The van der Waals surface area contributed by atoms with Gasteiger partial charge in [0.05, 0.1) is 13.0 Å². The van der Waals surface area contributed by atoms with Gasteiger partial charge in [-0.2, -0.15) is 0 Å². The first-order valence-corrected chi connectivity index (χ1v) is 7.62. The van der Waals surface area contributed by atoms with E-state index >= 15 is 0 Å². The van der Waals surface area contributed by atoms with Gasteiger partial charge < -0.3 is 24.3 Å². The van der Waals surface area contributed by atoms with Gasteiger partial charge in [-0.25, -0.2) is 4.79 Å². The second-order valence-electron chi connectivity index (χ2n) is 5.54. The Bertz CT molecular complexity index is 487. The molecule has 0 rings (SSSR count). The molecule has 0 unspecified atom stereocenters. The van der Waals surface area contributed by atoms with Crippen LogP contribution in [0.3, 0.4) is 0 Å². The van der Waals surface area contributed by atoms with Crippen LogP contribution in [-0.4, -0.2) is 62.9 Å². The Morgan fingerprint density at radius 3 is 2.28 bits per heavy atom. The van der Waals surface area contributed by atoms with Crippen molar-refractivity contribution in [3.8, 4) is 0 Å². The number of ether oxygens (including phenoxy) is 4. The van der Waals surface area contributed by atoms with Crippen LogP contribution in [0.25, 0.3) is 0 Å². The van der Waals surface area contributed by atoms with E-state index in [0.29, 0.717) is 0 Å². The Morgan fingerprint density at radius 1 is 1.04 bits per heavy atom. The fraction of sp³-hybridized carbons (Fsp3) is 0.625. The maximum Gasteiger partial charge on any atom is 0.330 e. The minimum Gasteiger partial charge on any atom is -0.462 e. The highest BCUT2D eigenvalue weighted by atomic mass is 16.6. The zero-order valence-electron chi connectivity index (χ0n) is 14.8. The molecule has 25 heavy (non-hydrogen) atoms. The number of hydrogen-bond acceptors (Lipinski definition) is 8. The molecule has 0 bridgehead atoms. The fourth-order valence-electron chi connectivity index (χ4n) is 1.62. The van der Waals surface area contributed by atoms with Crippen LogP contribution in [0.1, 0.15) is 26.7 Å². The van der Waals surface area contributed by atoms with Crippen LogP contribution in [0, 0.1) is 0 Å². The summed E-state index contributed by atoms with van der Waals surface area (Å²) in [6.07, 6.45) is 0.693. The van der Waals surface area contributed by atoms with Crippen molar-refractivity contribution >= 4 is 23.8 Å². The molecule has 0 aliphatic carbocycles. The van der Waals surface area contributed by atoms with E-state index in [1.807, 2.05) is 0 Å². The van der Waals surface area contributed by atoms with Crippen LogP contribution < -0.4 is 5.32 Å². The van der Waals surface area contributed by atoms with Crippen molar-refractivity contribution in [2.75, 3.05) is 33.5 Å². The van der Waals surface area contributed by atoms with Crippen LogP contribution >= 0.6 is 0 Å². The van der Waals surface area contributed by atoms with E-state index in [2.05, 4.69) is 16.6 Å². The van der Waals surface area contributed by atoms with Crippen molar-refractivity contribution < 1.29 is 38.1 Å². The third kappa shape index (κ3) is 12.6. The number of carbonyl (C=O) groups excluding carboxylic acids is 4. The van der Waals surface area contributed by atoms with Gasteiger partial charge in [0.2, 0.25) is 5.91 Å². The quantitative estimate of drug-likeness (QED) is 0.226. The molecule has 9 heteroatoms. The van der Waals surface area contributed by atoms with Gasteiger partial charge in [0.15, 0.2) is 0 Å². The molecular formula is C16H25NO8. The molecule has 0 saturated carbocycles. The molecule has 0 spiro atoms. The molecule has 0 heterocycles. The summed E-state index contributed by atoms with van der Waals surface area (Å²) >= 11 is 0. The molecule has 0 aliphatic rings. The SMILES string of the molecule is C=CC(=O)OCCOC(=O)CCC(=O)NCC(=O)OC(C)(C)COC. The lowest BCUT2D eigenvalue weighted by Crippen LogP contribution is -2.38. The van der Waals surface area contributed by atoms with Crippen molar-refractivity contribution in [1.29, 1.82) is 0 Å². The minimum atomic E-state index is -0.796. The minimum absolute atomic E-state index is 0.0914. The van der Waals surface area contributed by atoms with Crippen LogP contribution in [0.4, 0.5) is 0 Å². The van der Waals surface area contributed by atoms with Crippen LogP contribution in [0.2, 0.25) is 0 Å². The van der Waals surface area contributed by atoms with E-state index in [0.717, 1.165) is 6.08 Å². The number of methoxy groups -OCH3 is 1. The summed E-state index contributed by atoms with van der Waals surface area (Å²) in [6.45, 7) is 6.29. The monoisotopic (exact) mass is 359 g/mol. The van der Waals surface area contributed by atoms with Crippen molar-refractivity contribution in [1.82, 2.24) is 5.32 Å². The van der Waals surface area contributed by atoms with E-state index in [9.17, 15) is 19.2 Å². The first kappa shape index (κ1) is 22.6. The average molecular weight is 359 g/mol. The number of nitrogens with one attached hydrogen (secondary N) is 1. The van der Waals surface area contributed by atoms with E-state index in [1.54, 1.807) is 13.8 Å². The zero-order valence-corrected chi connectivity index (χ0v) is 14.8. The third-order valence-corrected chi connectivity index (χ3v) is 2.63. The summed E-state index contributed by atoms with van der Waals surface area (Å²) in [5.41, 5.74) is -0.796. The maximum atomic E-state index is 11.6. The van der Waals surface area contributed by atoms with Crippen LogP contribution in [0.15, 0.2) is 12.7 Å². The number of carbonyl (C=O) groups is 4. The molecule has 0 radical (unpaired) electrons. The molecule has 142 valence electrons. The van der Waals surface area contributed by atoms with Gasteiger partial charge in [-0.3, -0.25) is 14.4 Å². The summed E-state index contributed by atoms with van der Waals surface area (Å²) in [4.78, 5) is 45.3. The number of esters is 3. The van der Waals surface area contributed by atoms with Gasteiger partial charge in [-0.15, -0.1) is 0 Å². The van der Waals surface area contributed by atoms with Crippen LogP contribution in [0.5, 0.6) is 0 Å². The lowest BCUT2D eigenvalue weighted by molar-refractivity contribution is -0.160. The Hall–Kier alpha value is -2.42. The maximum absolute atomic E-state index is 11.6. The van der Waals surface area contributed by atoms with Gasteiger partial charge in [-0.1, -0.05) is 6.58 Å². The first-order valence-electron chi connectivity index (χ1n) is 7.62. The molecule has 1 amide bonds. The van der Waals surface area contributed by atoms with E-state index in [-0.39, 0.29) is 39.2 Å². The first-order chi connectivity index (χ1) is 11.7. The van der Waals surface area contributed by atoms with E-state index in [4.69, 9.17) is 14.2 Å². The van der Waals surface area contributed by atoms with Gasteiger partial charge >= 0.3 is 17.9 Å². The Labute approximate surface area is 146 Å². The predicted molar refractivity (Wildman–Crippen MR) is 86.4 cm³/mol. The second kappa shape index (κ2) is 12.0. The number of amides is 1. The largest absolute Gasteiger partial charge is 0.462 e. The summed E-state index contributed by atoms with van der Waals surface area (Å²) in [7, 11) is 1.49. The third-order valence-electron chi connectivity index (χ3n) is 2.63. The predicted octanol–water partition coefficient (Wildman–Crippen LogP) is 0.123. The highest BCUT2D eigenvalue weighted by Gasteiger charge is 2.22. The highest BCUT2D eigenvalue weighted by molar-refractivity contribution is 5.84. The van der Waals surface area contributed by atoms with E-state index < -0.39 is 29.4 Å². The summed E-state index contributed by atoms with van der Waals surface area (Å²) < 4.78 is 19.4. The highest BCUT2D eigenvalue weighted by Crippen LogP contribution is 2.09. The number of rotatable bonds is 12. The standard InChI is InChI=1S/C16H25NO8/c1-5-13(19)23-8-9-24-14(20)7-6-12(18)17-10-15(21)25-16(2,3)11-22-4/h5H,1,6-11H2,2-4H3,(H,17,18). The summed E-state index contributed by atoms with van der Waals surface area (Å²) in [5, 5.41) is 2.35. The molecule has 0 saturated heterocycles. The molecule has 0 fully saturated rings. The smallest absolute Gasteiger partial charge is 0.330 e. The Morgan fingerprint density at radius 2 is 1.68 bits per heavy atom. The molecule has 0 aromatic rings. The van der Waals surface area contributed by atoms with Gasteiger partial charge in [0.1, 0.15) is 25.4 Å². The summed E-state index contributed by atoms with van der Waals surface area (Å²) in [6, 6.07) is 0. The second-order valence-corrected chi connectivity index (χ2v) is 5.54.